The van der Waals surface area contributed by atoms with Crippen molar-refractivity contribution in [1.29, 1.82) is 0 Å². The summed E-state index contributed by atoms with van der Waals surface area (Å²) in [6.07, 6.45) is 36.0. The van der Waals surface area contributed by atoms with Crippen molar-refractivity contribution in [3.63, 3.8) is 0 Å². The van der Waals surface area contributed by atoms with Crippen LogP contribution in [0.4, 0.5) is 0 Å². The van der Waals surface area contributed by atoms with Crippen molar-refractivity contribution in [1.82, 2.24) is 10.2 Å². The van der Waals surface area contributed by atoms with Gasteiger partial charge in [0, 0.05) is 19.4 Å². The zero-order chi connectivity index (χ0) is 28.1. The quantitative estimate of drug-likeness (QED) is 0.0844. The van der Waals surface area contributed by atoms with Gasteiger partial charge in [-0.05, 0) is 78.3 Å². The largest absolute Gasteiger partial charge is 0.463 e. The molecule has 5 heteroatoms. The molecule has 1 N–H and O–H groups in total. The number of nitrogens with one attached hydrogen (secondary N) is 1. The predicted octanol–water partition coefficient (Wildman–Crippen LogP) is 7.63. The number of unbranched alkanes of at least 4 members (excludes halogenated alkanes) is 2. The topological polar surface area (TPSA) is 58.6 Å². The van der Waals surface area contributed by atoms with Crippen molar-refractivity contribution in [3.8, 4) is 0 Å². The van der Waals surface area contributed by atoms with E-state index in [-0.39, 0.29) is 24.5 Å². The van der Waals surface area contributed by atoms with E-state index in [9.17, 15) is 9.59 Å². The summed E-state index contributed by atoms with van der Waals surface area (Å²) in [6.45, 7) is 5.10. The molecule has 0 aliphatic rings. The molecule has 1 atom stereocenters. The zero-order valence-electron chi connectivity index (χ0n) is 24.6. The van der Waals surface area contributed by atoms with Gasteiger partial charge in [-0.1, -0.05) is 86.8 Å². The Balaban J connectivity index is 4.08. The van der Waals surface area contributed by atoms with Gasteiger partial charge < -0.3 is 15.0 Å². The molecule has 0 aromatic rings. The maximum absolute atomic E-state index is 12.4. The van der Waals surface area contributed by atoms with Gasteiger partial charge in [-0.25, -0.2) is 0 Å². The molecular formula is C33H54N2O3. The molecule has 0 fully saturated rings. The van der Waals surface area contributed by atoms with E-state index < -0.39 is 0 Å². The number of rotatable bonds is 23. The lowest BCUT2D eigenvalue weighted by atomic mass is 10.2. The molecule has 1 amide bonds. The number of likely N-dealkylation sites (N-methyl/N-ethyl adjacent to an activating group) is 1. The van der Waals surface area contributed by atoms with Crippen molar-refractivity contribution < 1.29 is 14.3 Å². The Morgan fingerprint density at radius 2 is 1.13 bits per heavy atom. The van der Waals surface area contributed by atoms with Gasteiger partial charge >= 0.3 is 5.97 Å². The minimum Gasteiger partial charge on any atom is -0.463 e. The number of amides is 1. The van der Waals surface area contributed by atoms with Gasteiger partial charge in [0.05, 0.1) is 6.04 Å². The Morgan fingerprint density at radius 3 is 1.61 bits per heavy atom. The summed E-state index contributed by atoms with van der Waals surface area (Å²) in [6, 6.07) is -0.206. The summed E-state index contributed by atoms with van der Waals surface area (Å²) in [5, 5.41) is 3.03. The van der Waals surface area contributed by atoms with Crippen molar-refractivity contribution >= 4 is 11.9 Å². The first-order valence-electron chi connectivity index (χ1n) is 14.5. The zero-order valence-corrected chi connectivity index (χ0v) is 24.6. The fourth-order valence-corrected chi connectivity index (χ4v) is 3.54. The fourth-order valence-electron chi connectivity index (χ4n) is 3.54. The Morgan fingerprint density at radius 1 is 0.684 bits per heavy atom. The number of ether oxygens (including phenoxy) is 1. The van der Waals surface area contributed by atoms with Crippen LogP contribution in [0, 0.1) is 0 Å². The molecule has 38 heavy (non-hydrogen) atoms. The lowest BCUT2D eigenvalue weighted by Crippen LogP contribution is -2.45. The molecule has 0 heterocycles. The Hall–Kier alpha value is -2.66. The first-order chi connectivity index (χ1) is 18.5. The van der Waals surface area contributed by atoms with Crippen LogP contribution in [0.15, 0.2) is 72.9 Å². The van der Waals surface area contributed by atoms with E-state index in [1.807, 2.05) is 19.0 Å². The molecule has 0 radical (unpaired) electrons. The van der Waals surface area contributed by atoms with Crippen molar-refractivity contribution in [2.75, 3.05) is 27.2 Å². The Kier molecular flexibility index (Phi) is 25.5. The lowest BCUT2D eigenvalue weighted by Gasteiger charge is -2.22. The Bertz CT molecular complexity index is 760. The third-order valence-electron chi connectivity index (χ3n) is 5.48. The summed E-state index contributed by atoms with van der Waals surface area (Å²) >= 11 is 0. The van der Waals surface area contributed by atoms with Gasteiger partial charge in [0.2, 0.25) is 5.91 Å². The van der Waals surface area contributed by atoms with Crippen LogP contribution in [0.1, 0.15) is 90.9 Å². The fraction of sp³-hybridized carbons (Fsp3) is 0.576. The molecule has 0 aromatic heterocycles. The summed E-state index contributed by atoms with van der Waals surface area (Å²) in [5.74, 6) is -0.205. The number of nitrogens with zero attached hydrogens (tertiary/aromatic N) is 1. The summed E-state index contributed by atoms with van der Waals surface area (Å²) in [4.78, 5) is 26.5. The highest BCUT2D eigenvalue weighted by molar-refractivity contribution is 5.76. The number of hydrogen-bond donors (Lipinski definition) is 1. The van der Waals surface area contributed by atoms with Crippen LogP contribution in [-0.4, -0.2) is 50.1 Å². The van der Waals surface area contributed by atoms with Crippen LogP contribution >= 0.6 is 0 Å². The van der Waals surface area contributed by atoms with E-state index in [1.165, 1.54) is 0 Å². The first kappa shape index (κ1) is 35.3. The first-order valence-corrected chi connectivity index (χ1v) is 14.5. The molecular weight excluding hydrogens is 472 g/mol. The number of hydrogen-bond acceptors (Lipinski definition) is 4. The highest BCUT2D eigenvalue weighted by Gasteiger charge is 2.15. The minimum absolute atomic E-state index is 0.00415. The van der Waals surface area contributed by atoms with Gasteiger partial charge in [-0.3, -0.25) is 9.59 Å². The van der Waals surface area contributed by atoms with E-state index >= 15 is 0 Å². The van der Waals surface area contributed by atoms with Crippen LogP contribution in [-0.2, 0) is 14.3 Å². The van der Waals surface area contributed by atoms with E-state index in [2.05, 4.69) is 92.1 Å². The second-order valence-electron chi connectivity index (χ2n) is 9.58. The van der Waals surface area contributed by atoms with Gasteiger partial charge in [0.15, 0.2) is 0 Å². The summed E-state index contributed by atoms with van der Waals surface area (Å²) in [7, 11) is 3.90. The predicted molar refractivity (Wildman–Crippen MR) is 163 cm³/mol. The third kappa shape index (κ3) is 26.4. The van der Waals surface area contributed by atoms with Crippen LogP contribution in [0.2, 0.25) is 0 Å². The monoisotopic (exact) mass is 526 g/mol. The van der Waals surface area contributed by atoms with E-state index in [0.717, 1.165) is 64.2 Å². The molecule has 0 aliphatic heterocycles. The standard InChI is InChI=1S/C33H54N2O3/c1-5-7-9-11-13-15-17-19-21-23-25-27-32(36)34-31(29-35(3)4)30-38-33(37)28-26-24-22-20-18-16-14-12-10-8-6-2/h7-10,13-16,19-22,31H,5-6,11-12,17-18,23-30H2,1-4H3,(H,34,36)/b9-7+,10-8+,15-13+,16-14+,21-19+,22-20+. The molecule has 0 spiro atoms. The summed E-state index contributed by atoms with van der Waals surface area (Å²) < 4.78 is 5.47. The van der Waals surface area contributed by atoms with Crippen LogP contribution in [0.3, 0.4) is 0 Å². The molecule has 0 aliphatic carbocycles. The molecule has 214 valence electrons. The van der Waals surface area contributed by atoms with Gasteiger partial charge in [0.1, 0.15) is 6.61 Å². The molecule has 5 nitrogen and oxygen atoms in total. The minimum atomic E-state index is -0.209. The molecule has 0 bridgehead atoms. The average molecular weight is 527 g/mol. The molecule has 0 aromatic carbocycles. The SMILES string of the molecule is CC/C=C/C/C=C/C/C=C/CCCC(=O)NC(COC(=O)CCC/C=C/C/C=C/C/C=C/CC)CN(C)C. The number of esters is 1. The normalized spacial score (nSPS) is 13.4. The number of carbonyl (C=O) groups excluding carboxylic acids is 2. The smallest absolute Gasteiger partial charge is 0.305 e. The van der Waals surface area contributed by atoms with E-state index in [1.54, 1.807) is 0 Å². The van der Waals surface area contributed by atoms with Gasteiger partial charge in [-0.15, -0.1) is 0 Å². The Labute approximate surface area is 233 Å². The lowest BCUT2D eigenvalue weighted by molar-refractivity contribution is -0.145. The molecule has 0 saturated heterocycles. The third-order valence-corrected chi connectivity index (χ3v) is 5.48. The van der Waals surface area contributed by atoms with Gasteiger partial charge in [0.25, 0.3) is 0 Å². The van der Waals surface area contributed by atoms with Crippen LogP contribution in [0.25, 0.3) is 0 Å². The number of carbonyl (C=O) groups is 2. The number of allylic oxidation sites excluding steroid dienone is 12. The maximum Gasteiger partial charge on any atom is 0.305 e. The van der Waals surface area contributed by atoms with Crippen LogP contribution < -0.4 is 5.32 Å². The second kappa shape index (κ2) is 27.4. The van der Waals surface area contributed by atoms with Crippen molar-refractivity contribution in [3.05, 3.63) is 72.9 Å². The molecule has 1 unspecified atom stereocenters. The van der Waals surface area contributed by atoms with Gasteiger partial charge in [-0.2, -0.15) is 0 Å². The van der Waals surface area contributed by atoms with Crippen molar-refractivity contribution in [2.24, 2.45) is 0 Å². The van der Waals surface area contributed by atoms with Crippen LogP contribution in [0.5, 0.6) is 0 Å². The van der Waals surface area contributed by atoms with E-state index in [0.29, 0.717) is 19.4 Å². The van der Waals surface area contributed by atoms with Crippen molar-refractivity contribution in [2.45, 2.75) is 96.9 Å². The second-order valence-corrected chi connectivity index (χ2v) is 9.58. The molecule has 0 saturated carbocycles. The highest BCUT2D eigenvalue weighted by atomic mass is 16.5. The molecule has 0 rings (SSSR count). The average Bonchev–Trinajstić information content (AvgIpc) is 2.88. The highest BCUT2D eigenvalue weighted by Crippen LogP contribution is 2.03. The maximum atomic E-state index is 12.4. The summed E-state index contributed by atoms with van der Waals surface area (Å²) in [5.41, 5.74) is 0. The van der Waals surface area contributed by atoms with E-state index in [4.69, 9.17) is 4.74 Å².